The second-order valence-electron chi connectivity index (χ2n) is 5.55. The lowest BCUT2D eigenvalue weighted by molar-refractivity contribution is -0.139. The molecular formula is C18H19F3N4O3. The molecule has 1 aromatic carbocycles. The molecule has 0 atom stereocenters. The van der Waals surface area contributed by atoms with Crippen molar-refractivity contribution in [3.63, 3.8) is 0 Å². The van der Waals surface area contributed by atoms with E-state index in [4.69, 9.17) is 25.2 Å². The number of nitrogens with zero attached hydrogens (tertiary/aromatic N) is 2. The predicted molar refractivity (Wildman–Crippen MR) is 96.7 cm³/mol. The molecule has 0 saturated carbocycles. The molecule has 150 valence electrons. The Morgan fingerprint density at radius 3 is 2.61 bits per heavy atom. The number of hydrogen-bond donors (Lipinski definition) is 2. The SMILES string of the molecule is CNc1cc(-c2ccc(OCOCCOC)c(C(F)(F)F)c2)nc(C#N)c1N. The zero-order valence-electron chi connectivity index (χ0n) is 15.3. The van der Waals surface area contributed by atoms with Crippen LogP contribution in [0, 0.1) is 11.3 Å². The number of alkyl halides is 3. The van der Waals surface area contributed by atoms with Gasteiger partial charge in [-0.15, -0.1) is 0 Å². The molecule has 0 aliphatic carbocycles. The largest absolute Gasteiger partial charge is 0.467 e. The van der Waals surface area contributed by atoms with E-state index in [1.807, 2.05) is 6.07 Å². The van der Waals surface area contributed by atoms with Crippen molar-refractivity contribution in [2.45, 2.75) is 6.18 Å². The maximum Gasteiger partial charge on any atom is 0.419 e. The molecule has 1 aromatic heterocycles. The highest BCUT2D eigenvalue weighted by Crippen LogP contribution is 2.39. The first-order valence-electron chi connectivity index (χ1n) is 8.11. The molecule has 7 nitrogen and oxygen atoms in total. The minimum atomic E-state index is -4.66. The lowest BCUT2D eigenvalue weighted by Gasteiger charge is -2.16. The van der Waals surface area contributed by atoms with Gasteiger partial charge < -0.3 is 25.3 Å². The van der Waals surface area contributed by atoms with Crippen molar-refractivity contribution in [2.75, 3.05) is 45.2 Å². The molecule has 0 saturated heterocycles. The third-order valence-corrected chi connectivity index (χ3v) is 3.74. The molecule has 2 rings (SSSR count). The van der Waals surface area contributed by atoms with Crippen LogP contribution in [0.1, 0.15) is 11.3 Å². The summed E-state index contributed by atoms with van der Waals surface area (Å²) in [6.45, 7) is 0.135. The number of benzene rings is 1. The van der Waals surface area contributed by atoms with E-state index in [9.17, 15) is 13.2 Å². The quantitative estimate of drug-likeness (QED) is 0.521. The Labute approximate surface area is 159 Å². The molecular weight excluding hydrogens is 377 g/mol. The first kappa shape index (κ1) is 21.3. The first-order chi connectivity index (χ1) is 13.3. The highest BCUT2D eigenvalue weighted by molar-refractivity contribution is 5.77. The minimum Gasteiger partial charge on any atom is -0.467 e. The number of nitrogens with one attached hydrogen (secondary N) is 1. The van der Waals surface area contributed by atoms with Crippen LogP contribution in [-0.2, 0) is 15.7 Å². The van der Waals surface area contributed by atoms with Gasteiger partial charge in [0.05, 0.1) is 35.8 Å². The van der Waals surface area contributed by atoms with Crippen LogP contribution in [0.5, 0.6) is 5.75 Å². The second kappa shape index (κ2) is 9.25. The normalized spacial score (nSPS) is 11.1. The van der Waals surface area contributed by atoms with E-state index >= 15 is 0 Å². The number of ether oxygens (including phenoxy) is 3. The Balaban J connectivity index is 2.39. The van der Waals surface area contributed by atoms with Crippen LogP contribution in [0.4, 0.5) is 24.5 Å². The van der Waals surface area contributed by atoms with Crippen molar-refractivity contribution in [1.29, 1.82) is 5.26 Å². The van der Waals surface area contributed by atoms with Gasteiger partial charge in [-0.05, 0) is 24.3 Å². The molecule has 0 bridgehead atoms. The number of anilines is 2. The number of halogens is 3. The fraction of sp³-hybridized carbons (Fsp3) is 0.333. The molecule has 0 unspecified atom stereocenters. The van der Waals surface area contributed by atoms with Crippen LogP contribution in [0.25, 0.3) is 11.3 Å². The Hall–Kier alpha value is -3.03. The highest BCUT2D eigenvalue weighted by Gasteiger charge is 2.35. The maximum atomic E-state index is 13.5. The smallest absolute Gasteiger partial charge is 0.419 e. The molecule has 28 heavy (non-hydrogen) atoms. The third-order valence-electron chi connectivity index (χ3n) is 3.74. The average molecular weight is 396 g/mol. The summed E-state index contributed by atoms with van der Waals surface area (Å²) >= 11 is 0. The average Bonchev–Trinajstić information content (AvgIpc) is 2.67. The van der Waals surface area contributed by atoms with Crippen molar-refractivity contribution in [1.82, 2.24) is 4.98 Å². The van der Waals surface area contributed by atoms with E-state index in [0.29, 0.717) is 12.3 Å². The number of nitriles is 1. The number of aromatic nitrogens is 1. The fourth-order valence-corrected chi connectivity index (χ4v) is 2.34. The highest BCUT2D eigenvalue weighted by atomic mass is 19.4. The Kier molecular flexibility index (Phi) is 7.03. The monoisotopic (exact) mass is 396 g/mol. The maximum absolute atomic E-state index is 13.5. The molecule has 10 heteroatoms. The van der Waals surface area contributed by atoms with Crippen LogP contribution in [0.3, 0.4) is 0 Å². The molecule has 3 N–H and O–H groups in total. The topological polar surface area (TPSA) is 102 Å². The van der Waals surface area contributed by atoms with E-state index < -0.39 is 11.7 Å². The van der Waals surface area contributed by atoms with Crippen LogP contribution < -0.4 is 15.8 Å². The van der Waals surface area contributed by atoms with Crippen LogP contribution in [0.2, 0.25) is 0 Å². The Morgan fingerprint density at radius 1 is 1.25 bits per heavy atom. The van der Waals surface area contributed by atoms with E-state index in [0.717, 1.165) is 6.07 Å². The summed E-state index contributed by atoms with van der Waals surface area (Å²) in [6.07, 6.45) is -4.66. The second-order valence-corrected chi connectivity index (χ2v) is 5.55. The molecule has 0 spiro atoms. The predicted octanol–water partition coefficient (Wildman–Crippen LogP) is 3.26. The van der Waals surface area contributed by atoms with E-state index in [1.165, 1.54) is 25.3 Å². The lowest BCUT2D eigenvalue weighted by atomic mass is 10.0. The number of pyridine rings is 1. The molecule has 2 aromatic rings. The van der Waals surface area contributed by atoms with Crippen LogP contribution in [0.15, 0.2) is 24.3 Å². The molecule has 0 radical (unpaired) electrons. The van der Waals surface area contributed by atoms with Crippen LogP contribution in [-0.4, -0.2) is 39.1 Å². The van der Waals surface area contributed by atoms with Gasteiger partial charge in [-0.3, -0.25) is 0 Å². The molecule has 1 heterocycles. The molecule has 0 aliphatic heterocycles. The standard InChI is InChI=1S/C18H19F3N4O3/c1-24-14-8-13(25-15(9-22)17(14)23)11-3-4-16(12(7-11)18(19,20)21)28-10-27-6-5-26-2/h3-4,7-8H,5-6,10,23H2,1-2H3,(H,24,25). The summed E-state index contributed by atoms with van der Waals surface area (Å²) in [4.78, 5) is 4.05. The van der Waals surface area contributed by atoms with Crippen molar-refractivity contribution < 1.29 is 27.4 Å². The zero-order chi connectivity index (χ0) is 20.7. The van der Waals surface area contributed by atoms with Gasteiger partial charge in [0.1, 0.15) is 11.8 Å². The summed E-state index contributed by atoms with van der Waals surface area (Å²) in [5.41, 5.74) is 5.57. The van der Waals surface area contributed by atoms with Crippen molar-refractivity contribution in [2.24, 2.45) is 0 Å². The molecule has 0 aliphatic rings. The van der Waals surface area contributed by atoms with Gasteiger partial charge in [-0.1, -0.05) is 0 Å². The molecule has 0 amide bonds. The summed E-state index contributed by atoms with van der Waals surface area (Å²) < 4.78 is 55.4. The lowest BCUT2D eigenvalue weighted by Crippen LogP contribution is -2.12. The van der Waals surface area contributed by atoms with Gasteiger partial charge in [-0.2, -0.15) is 18.4 Å². The first-order valence-corrected chi connectivity index (χ1v) is 8.11. The van der Waals surface area contributed by atoms with E-state index in [1.54, 1.807) is 7.05 Å². The van der Waals surface area contributed by atoms with E-state index in [2.05, 4.69) is 10.3 Å². The zero-order valence-corrected chi connectivity index (χ0v) is 15.3. The number of hydrogen-bond acceptors (Lipinski definition) is 7. The van der Waals surface area contributed by atoms with Crippen molar-refractivity contribution in [3.05, 3.63) is 35.5 Å². The van der Waals surface area contributed by atoms with Gasteiger partial charge >= 0.3 is 6.18 Å². The summed E-state index contributed by atoms with van der Waals surface area (Å²) in [5.74, 6) is -0.376. The Morgan fingerprint density at radius 2 is 2.00 bits per heavy atom. The van der Waals surface area contributed by atoms with Gasteiger partial charge in [-0.25, -0.2) is 4.98 Å². The van der Waals surface area contributed by atoms with Crippen molar-refractivity contribution >= 4 is 11.4 Å². The van der Waals surface area contributed by atoms with Gasteiger partial charge in [0.2, 0.25) is 0 Å². The van der Waals surface area contributed by atoms with Gasteiger partial charge in [0.15, 0.2) is 12.5 Å². The van der Waals surface area contributed by atoms with Gasteiger partial charge in [0, 0.05) is 19.7 Å². The summed E-state index contributed by atoms with van der Waals surface area (Å²) in [7, 11) is 3.06. The van der Waals surface area contributed by atoms with Gasteiger partial charge in [0.25, 0.3) is 0 Å². The summed E-state index contributed by atoms with van der Waals surface area (Å²) in [5, 5.41) is 11.9. The molecule has 0 fully saturated rings. The van der Waals surface area contributed by atoms with Crippen LogP contribution >= 0.6 is 0 Å². The Bertz CT molecular complexity index is 866. The number of rotatable bonds is 8. The fourth-order valence-electron chi connectivity index (χ4n) is 2.34. The third kappa shape index (κ3) is 5.03. The number of methoxy groups -OCH3 is 1. The summed E-state index contributed by atoms with van der Waals surface area (Å²) in [6, 6.07) is 6.81. The van der Waals surface area contributed by atoms with Crippen molar-refractivity contribution in [3.8, 4) is 23.1 Å². The number of nitrogen functional groups attached to an aromatic ring is 1. The number of nitrogens with two attached hydrogens (primary N) is 1. The van der Waals surface area contributed by atoms with E-state index in [-0.39, 0.29) is 41.8 Å². The minimum absolute atomic E-state index is 0.0812.